The van der Waals surface area contributed by atoms with E-state index in [4.69, 9.17) is 4.74 Å². The summed E-state index contributed by atoms with van der Waals surface area (Å²) in [5, 5.41) is 14.1. The highest BCUT2D eigenvalue weighted by Gasteiger charge is 2.24. The predicted molar refractivity (Wildman–Crippen MR) is 144 cm³/mol. The van der Waals surface area contributed by atoms with Gasteiger partial charge in [0.05, 0.1) is 17.7 Å². The molecule has 3 N–H and O–H groups in total. The fourth-order valence-corrected chi connectivity index (χ4v) is 6.30. The summed E-state index contributed by atoms with van der Waals surface area (Å²) < 4.78 is 35.5. The molecule has 4 rings (SSSR count). The molecule has 0 spiro atoms. The molecule has 0 bridgehead atoms. The molecule has 0 aliphatic carbocycles. The zero-order valence-electron chi connectivity index (χ0n) is 18.6. The molecule has 1 unspecified atom stereocenters. The Hall–Kier alpha value is -1.78. The van der Waals surface area contributed by atoms with Crippen molar-refractivity contribution >= 4 is 60.0 Å². The third-order valence-corrected chi connectivity index (χ3v) is 8.84. The van der Waals surface area contributed by atoms with E-state index in [1.54, 1.807) is 24.3 Å². The average molecular weight is 633 g/mol. The molecule has 1 aliphatic rings. The highest BCUT2D eigenvalue weighted by atomic mass is 79.9. The van der Waals surface area contributed by atoms with Gasteiger partial charge in [-0.25, -0.2) is 8.42 Å². The van der Waals surface area contributed by atoms with E-state index in [1.807, 2.05) is 6.92 Å². The molecule has 0 radical (unpaired) electrons. The van der Waals surface area contributed by atoms with E-state index in [1.165, 1.54) is 19.2 Å². The lowest BCUT2D eigenvalue weighted by atomic mass is 9.89. The number of methoxy groups -OCH3 is 1. The van der Waals surface area contributed by atoms with Crippen LogP contribution >= 0.6 is 44.3 Å². The zero-order valence-corrected chi connectivity index (χ0v) is 23.4. The third kappa shape index (κ3) is 5.71. The second-order valence-electron chi connectivity index (χ2n) is 7.99. The first-order valence-corrected chi connectivity index (χ1v) is 13.5. The number of hydrogen-bond acceptors (Lipinski definition) is 5. The van der Waals surface area contributed by atoms with E-state index in [0.717, 1.165) is 50.6 Å². The van der Waals surface area contributed by atoms with Crippen molar-refractivity contribution in [1.82, 2.24) is 5.32 Å². The van der Waals surface area contributed by atoms with Gasteiger partial charge in [-0.05, 0) is 97.1 Å². The van der Waals surface area contributed by atoms with Crippen LogP contribution in [0.3, 0.4) is 0 Å². The van der Waals surface area contributed by atoms with Crippen molar-refractivity contribution in [2.75, 3.05) is 18.4 Å². The van der Waals surface area contributed by atoms with Crippen LogP contribution in [0.2, 0.25) is 0 Å². The van der Waals surface area contributed by atoms with Crippen LogP contribution in [0.15, 0.2) is 62.4 Å². The molecule has 3 aromatic rings. The van der Waals surface area contributed by atoms with E-state index in [-0.39, 0.29) is 34.8 Å². The summed E-state index contributed by atoms with van der Waals surface area (Å²) in [5.74, 6) is 0.473. The van der Waals surface area contributed by atoms with Crippen LogP contribution in [0, 0.1) is 6.92 Å². The van der Waals surface area contributed by atoms with Crippen molar-refractivity contribution in [3.8, 4) is 11.5 Å². The van der Waals surface area contributed by atoms with E-state index in [0.29, 0.717) is 5.75 Å². The van der Waals surface area contributed by atoms with Gasteiger partial charge in [0.2, 0.25) is 0 Å². The van der Waals surface area contributed by atoms with E-state index < -0.39 is 10.0 Å². The fourth-order valence-electron chi connectivity index (χ4n) is 3.95. The predicted octanol–water partition coefficient (Wildman–Crippen LogP) is 5.89. The molecule has 182 valence electrons. The van der Waals surface area contributed by atoms with Crippen molar-refractivity contribution in [3.63, 3.8) is 0 Å². The van der Waals surface area contributed by atoms with Crippen molar-refractivity contribution < 1.29 is 18.3 Å². The Morgan fingerprint density at radius 2 is 1.76 bits per heavy atom. The number of fused-ring (bicyclic) bond motifs is 1. The summed E-state index contributed by atoms with van der Waals surface area (Å²) in [6, 6.07) is 13.7. The Morgan fingerprint density at radius 1 is 1.12 bits per heavy atom. The van der Waals surface area contributed by atoms with Crippen LogP contribution in [0.25, 0.3) is 0 Å². The number of sulfonamides is 1. The Labute approximate surface area is 222 Å². The number of benzene rings is 3. The van der Waals surface area contributed by atoms with Crippen LogP contribution in [-0.4, -0.2) is 27.2 Å². The lowest BCUT2D eigenvalue weighted by molar-refractivity contribution is 0.414. The van der Waals surface area contributed by atoms with Crippen molar-refractivity contribution in [2.45, 2.75) is 30.7 Å². The van der Waals surface area contributed by atoms with Crippen molar-refractivity contribution in [3.05, 3.63) is 79.7 Å². The Balaban J connectivity index is 0.00000324. The van der Waals surface area contributed by atoms with Gasteiger partial charge in [-0.1, -0.05) is 31.9 Å². The maximum absolute atomic E-state index is 12.9. The summed E-state index contributed by atoms with van der Waals surface area (Å²) >= 11 is 7.22. The summed E-state index contributed by atoms with van der Waals surface area (Å²) in [5.41, 5.74) is 4.41. The molecule has 0 amide bonds. The molecule has 0 fully saturated rings. The van der Waals surface area contributed by atoms with Crippen LogP contribution in [0.5, 0.6) is 11.5 Å². The molecule has 0 saturated carbocycles. The van der Waals surface area contributed by atoms with Gasteiger partial charge in [-0.2, -0.15) is 0 Å². The molecule has 1 aliphatic heterocycles. The number of ether oxygens (including phenoxy) is 1. The number of anilines is 1. The smallest absolute Gasteiger partial charge is 0.262 e. The molecule has 3 aromatic carbocycles. The SMILES string of the molecule is COc1ccc(S(=O)(=O)Nc2cc3c(cc2O)CCNC3Cc2cc(Br)c(C)c(Br)c2)cc1.Cl. The van der Waals surface area contributed by atoms with Crippen LogP contribution < -0.4 is 14.8 Å². The minimum Gasteiger partial charge on any atom is -0.506 e. The molecule has 0 aromatic heterocycles. The first kappa shape index (κ1) is 26.8. The number of nitrogens with one attached hydrogen (secondary N) is 2. The lowest BCUT2D eigenvalue weighted by Crippen LogP contribution is -2.31. The number of phenolic OH excluding ortho intramolecular Hbond substituents is 1. The van der Waals surface area contributed by atoms with Crippen LogP contribution in [0.4, 0.5) is 5.69 Å². The van der Waals surface area contributed by atoms with Gasteiger partial charge in [0, 0.05) is 15.0 Å². The number of halogens is 3. The van der Waals surface area contributed by atoms with Crippen molar-refractivity contribution in [1.29, 1.82) is 0 Å². The van der Waals surface area contributed by atoms with E-state index in [2.05, 4.69) is 54.0 Å². The summed E-state index contributed by atoms with van der Waals surface area (Å²) in [4.78, 5) is 0.0875. The van der Waals surface area contributed by atoms with Gasteiger partial charge in [0.15, 0.2) is 0 Å². The number of aromatic hydroxyl groups is 1. The number of hydrogen-bond donors (Lipinski definition) is 3. The van der Waals surface area contributed by atoms with Gasteiger partial charge in [0.25, 0.3) is 10.0 Å². The van der Waals surface area contributed by atoms with E-state index >= 15 is 0 Å². The topological polar surface area (TPSA) is 87.7 Å². The molecule has 6 nitrogen and oxygen atoms in total. The largest absolute Gasteiger partial charge is 0.506 e. The Bertz CT molecular complexity index is 1280. The van der Waals surface area contributed by atoms with Gasteiger partial charge in [-0.15, -0.1) is 12.4 Å². The summed E-state index contributed by atoms with van der Waals surface area (Å²) in [7, 11) is -2.36. The first-order valence-electron chi connectivity index (χ1n) is 10.4. The molecule has 34 heavy (non-hydrogen) atoms. The molecule has 1 heterocycles. The fraction of sp³-hybridized carbons (Fsp3) is 0.250. The molecule has 0 saturated heterocycles. The highest BCUT2D eigenvalue weighted by molar-refractivity contribution is 9.11. The molecular weight excluding hydrogens is 608 g/mol. The number of phenols is 1. The van der Waals surface area contributed by atoms with Gasteiger partial charge in [0.1, 0.15) is 11.5 Å². The molecule has 1 atom stereocenters. The minimum absolute atomic E-state index is 0. The lowest BCUT2D eigenvalue weighted by Gasteiger charge is -2.28. The van der Waals surface area contributed by atoms with E-state index in [9.17, 15) is 13.5 Å². The van der Waals surface area contributed by atoms with Gasteiger partial charge < -0.3 is 15.2 Å². The third-order valence-electron chi connectivity index (χ3n) is 5.81. The summed E-state index contributed by atoms with van der Waals surface area (Å²) in [6.45, 7) is 2.82. The second-order valence-corrected chi connectivity index (χ2v) is 11.4. The normalized spacial score (nSPS) is 15.2. The Kier molecular flexibility index (Phi) is 8.57. The minimum atomic E-state index is -3.88. The van der Waals surface area contributed by atoms with Crippen LogP contribution in [0.1, 0.15) is 28.3 Å². The van der Waals surface area contributed by atoms with Crippen LogP contribution in [-0.2, 0) is 22.9 Å². The molecular formula is C24H25Br2ClN2O4S. The Morgan fingerprint density at radius 3 is 2.38 bits per heavy atom. The average Bonchev–Trinajstić information content (AvgIpc) is 2.78. The maximum atomic E-state index is 12.9. The monoisotopic (exact) mass is 630 g/mol. The van der Waals surface area contributed by atoms with Gasteiger partial charge in [-0.3, -0.25) is 4.72 Å². The quantitative estimate of drug-likeness (QED) is 0.295. The number of rotatable bonds is 6. The highest BCUT2D eigenvalue weighted by Crippen LogP contribution is 2.36. The maximum Gasteiger partial charge on any atom is 0.262 e. The van der Waals surface area contributed by atoms with Gasteiger partial charge >= 0.3 is 0 Å². The first-order chi connectivity index (χ1) is 15.7. The second kappa shape index (κ2) is 10.9. The zero-order chi connectivity index (χ0) is 23.8. The standard InChI is InChI=1S/C24H24Br2N2O4S.ClH/c1-14-20(25)9-15(10-21(14)26)11-22-19-13-23(24(29)12-16(19)7-8-27-22)28-33(30,31)18-5-3-17(32-2)4-6-18;/h3-6,9-10,12-13,22,27-29H,7-8,11H2,1-2H3;1H. The van der Waals surface area contributed by atoms with Crippen molar-refractivity contribution in [2.24, 2.45) is 0 Å². The molecule has 10 heteroatoms. The summed E-state index contributed by atoms with van der Waals surface area (Å²) in [6.07, 6.45) is 1.48.